The minimum Gasteiger partial charge on any atom is -0.347 e. The number of rotatable bonds is 5. The Kier molecular flexibility index (Phi) is 5.78. The van der Waals surface area contributed by atoms with E-state index < -0.39 is 17.6 Å². The van der Waals surface area contributed by atoms with Crippen molar-refractivity contribution in [1.82, 2.24) is 10.3 Å². The number of anilines is 1. The van der Waals surface area contributed by atoms with Gasteiger partial charge >= 0.3 is 0 Å². The van der Waals surface area contributed by atoms with Gasteiger partial charge in [0.1, 0.15) is 17.2 Å². The van der Waals surface area contributed by atoms with Crippen LogP contribution < -0.4 is 10.6 Å². The molecule has 0 bridgehead atoms. The fourth-order valence-electron chi connectivity index (χ4n) is 2.32. The van der Waals surface area contributed by atoms with Gasteiger partial charge in [-0.2, -0.15) is 0 Å². The maximum absolute atomic E-state index is 13.2. The van der Waals surface area contributed by atoms with E-state index in [1.165, 1.54) is 30.3 Å². The fraction of sp³-hybridized carbons (Fsp3) is 0.0500. The highest BCUT2D eigenvalue weighted by molar-refractivity contribution is 6.30. The Labute approximate surface area is 160 Å². The van der Waals surface area contributed by atoms with Crippen molar-refractivity contribution < 1.29 is 14.0 Å². The summed E-state index contributed by atoms with van der Waals surface area (Å²) in [7, 11) is 0. The topological polar surface area (TPSA) is 71.1 Å². The third-order valence-electron chi connectivity index (χ3n) is 3.66. The lowest BCUT2D eigenvalue weighted by Crippen LogP contribution is -2.25. The molecule has 0 radical (unpaired) electrons. The van der Waals surface area contributed by atoms with E-state index in [0.717, 1.165) is 5.56 Å². The lowest BCUT2D eigenvalue weighted by atomic mass is 10.2. The van der Waals surface area contributed by atoms with Gasteiger partial charge in [-0.1, -0.05) is 35.9 Å². The number of pyridine rings is 1. The molecule has 0 fully saturated rings. The summed E-state index contributed by atoms with van der Waals surface area (Å²) < 4.78 is 13.2. The van der Waals surface area contributed by atoms with Crippen molar-refractivity contribution in [3.8, 4) is 0 Å². The van der Waals surface area contributed by atoms with Gasteiger partial charge in [-0.05, 0) is 48.0 Å². The Hall–Kier alpha value is -3.25. The summed E-state index contributed by atoms with van der Waals surface area (Å²) in [4.78, 5) is 28.6. The van der Waals surface area contributed by atoms with E-state index in [9.17, 15) is 14.0 Å². The molecule has 3 aromatic rings. The van der Waals surface area contributed by atoms with Crippen molar-refractivity contribution in [2.24, 2.45) is 0 Å². The van der Waals surface area contributed by atoms with Gasteiger partial charge in [-0.25, -0.2) is 9.37 Å². The first-order chi connectivity index (χ1) is 13.0. The fourth-order valence-corrected chi connectivity index (χ4v) is 2.45. The number of nitrogens with zero attached hydrogens (tertiary/aromatic N) is 1. The van der Waals surface area contributed by atoms with Crippen LogP contribution in [0, 0.1) is 5.82 Å². The van der Waals surface area contributed by atoms with E-state index in [4.69, 9.17) is 11.6 Å². The van der Waals surface area contributed by atoms with Crippen molar-refractivity contribution in [2.75, 3.05) is 5.32 Å². The third-order valence-corrected chi connectivity index (χ3v) is 3.92. The predicted molar refractivity (Wildman–Crippen MR) is 101 cm³/mol. The summed E-state index contributed by atoms with van der Waals surface area (Å²) in [5, 5.41) is 5.89. The molecule has 2 aromatic carbocycles. The second-order valence-corrected chi connectivity index (χ2v) is 6.12. The molecular weight excluding hydrogens is 369 g/mol. The van der Waals surface area contributed by atoms with Gasteiger partial charge in [0.05, 0.1) is 0 Å². The monoisotopic (exact) mass is 383 g/mol. The van der Waals surface area contributed by atoms with Crippen molar-refractivity contribution in [2.45, 2.75) is 6.54 Å². The van der Waals surface area contributed by atoms with Gasteiger partial charge in [0.15, 0.2) is 0 Å². The van der Waals surface area contributed by atoms with Crippen molar-refractivity contribution in [1.29, 1.82) is 0 Å². The summed E-state index contributed by atoms with van der Waals surface area (Å²) in [6, 6.07) is 17.1. The molecule has 0 saturated heterocycles. The minimum atomic E-state index is -0.534. The van der Waals surface area contributed by atoms with E-state index in [0.29, 0.717) is 17.3 Å². The Balaban J connectivity index is 1.66. The third kappa shape index (κ3) is 5.12. The molecule has 0 aliphatic heterocycles. The van der Waals surface area contributed by atoms with Crippen molar-refractivity contribution in [3.05, 3.63) is 94.5 Å². The molecule has 2 N–H and O–H groups in total. The van der Waals surface area contributed by atoms with E-state index >= 15 is 0 Å². The number of aromatic nitrogens is 1. The van der Waals surface area contributed by atoms with E-state index in [1.807, 2.05) is 0 Å². The molecule has 136 valence electrons. The van der Waals surface area contributed by atoms with Crippen molar-refractivity contribution >= 4 is 29.1 Å². The lowest BCUT2D eigenvalue weighted by molar-refractivity contribution is 0.0945. The number of hydrogen-bond donors (Lipinski definition) is 2. The molecule has 0 aliphatic rings. The maximum atomic E-state index is 13.2. The summed E-state index contributed by atoms with van der Waals surface area (Å²) in [5.74, 6) is -1.41. The van der Waals surface area contributed by atoms with Gasteiger partial charge in [-0.3, -0.25) is 9.59 Å². The SMILES string of the molecule is O=C(NCc1ccc(Cl)cc1)c1cccc(C(=O)Nc2cccc(F)c2)n1. The summed E-state index contributed by atoms with van der Waals surface area (Å²) in [6.07, 6.45) is 0. The van der Waals surface area contributed by atoms with E-state index in [2.05, 4.69) is 15.6 Å². The highest BCUT2D eigenvalue weighted by Gasteiger charge is 2.13. The Morgan fingerprint density at radius 1 is 0.926 bits per heavy atom. The standard InChI is InChI=1S/C20H15ClFN3O2/c21-14-9-7-13(8-10-14)12-23-19(26)17-5-2-6-18(25-17)20(27)24-16-4-1-3-15(22)11-16/h1-11H,12H2,(H,23,26)(H,24,27). The molecule has 3 rings (SSSR count). The Morgan fingerprint density at radius 3 is 2.30 bits per heavy atom. The molecule has 0 atom stereocenters. The highest BCUT2D eigenvalue weighted by Crippen LogP contribution is 2.12. The van der Waals surface area contributed by atoms with Crippen LogP contribution in [0.25, 0.3) is 0 Å². The second-order valence-electron chi connectivity index (χ2n) is 5.68. The molecule has 7 heteroatoms. The molecule has 5 nitrogen and oxygen atoms in total. The van der Waals surface area contributed by atoms with Gasteiger partial charge in [0.25, 0.3) is 11.8 Å². The number of nitrogens with one attached hydrogen (secondary N) is 2. The van der Waals surface area contributed by atoms with Crippen LogP contribution in [-0.4, -0.2) is 16.8 Å². The highest BCUT2D eigenvalue weighted by atomic mass is 35.5. The molecular formula is C20H15ClFN3O2. The molecule has 0 unspecified atom stereocenters. The average Bonchev–Trinajstić information content (AvgIpc) is 2.67. The van der Waals surface area contributed by atoms with Crippen molar-refractivity contribution in [3.63, 3.8) is 0 Å². The van der Waals surface area contributed by atoms with E-state index in [-0.39, 0.29) is 11.4 Å². The summed E-state index contributed by atoms with van der Waals surface area (Å²) >= 11 is 5.83. The van der Waals surface area contributed by atoms with Gasteiger partial charge in [0, 0.05) is 17.3 Å². The van der Waals surface area contributed by atoms with Crippen LogP contribution in [0.1, 0.15) is 26.5 Å². The Bertz CT molecular complexity index is 977. The predicted octanol–water partition coefficient (Wildman–Crippen LogP) is 4.06. The van der Waals surface area contributed by atoms with Crippen LogP contribution in [-0.2, 0) is 6.54 Å². The molecule has 1 aromatic heterocycles. The van der Waals surface area contributed by atoms with Crippen LogP contribution in [0.3, 0.4) is 0 Å². The van der Waals surface area contributed by atoms with Crippen LogP contribution in [0.2, 0.25) is 5.02 Å². The minimum absolute atomic E-state index is 0.0541. The molecule has 1 heterocycles. The largest absolute Gasteiger partial charge is 0.347 e. The van der Waals surface area contributed by atoms with Crippen LogP contribution >= 0.6 is 11.6 Å². The molecule has 2 amide bonds. The van der Waals surface area contributed by atoms with Gasteiger partial charge < -0.3 is 10.6 Å². The number of carbonyl (C=O) groups excluding carboxylic acids is 2. The van der Waals surface area contributed by atoms with Crippen LogP contribution in [0.4, 0.5) is 10.1 Å². The number of carbonyl (C=O) groups is 2. The summed E-state index contributed by atoms with van der Waals surface area (Å²) in [6.45, 7) is 0.303. The molecule has 0 saturated carbocycles. The van der Waals surface area contributed by atoms with Crippen LogP contribution in [0.15, 0.2) is 66.7 Å². The molecule has 0 spiro atoms. The van der Waals surface area contributed by atoms with Gasteiger partial charge in [-0.15, -0.1) is 0 Å². The summed E-state index contributed by atoms with van der Waals surface area (Å²) in [5.41, 5.74) is 1.35. The zero-order valence-electron chi connectivity index (χ0n) is 14.1. The first-order valence-electron chi connectivity index (χ1n) is 8.08. The van der Waals surface area contributed by atoms with E-state index in [1.54, 1.807) is 36.4 Å². The molecule has 0 aliphatic carbocycles. The quantitative estimate of drug-likeness (QED) is 0.698. The van der Waals surface area contributed by atoms with Gasteiger partial charge in [0.2, 0.25) is 0 Å². The normalized spacial score (nSPS) is 10.3. The first-order valence-corrected chi connectivity index (χ1v) is 8.46. The molecule has 27 heavy (non-hydrogen) atoms. The number of hydrogen-bond acceptors (Lipinski definition) is 3. The average molecular weight is 384 g/mol. The number of halogens is 2. The number of amides is 2. The zero-order valence-corrected chi connectivity index (χ0v) is 14.8. The Morgan fingerprint density at radius 2 is 1.59 bits per heavy atom. The lowest BCUT2D eigenvalue weighted by Gasteiger charge is -2.08. The zero-order chi connectivity index (χ0) is 19.2. The maximum Gasteiger partial charge on any atom is 0.274 e. The smallest absolute Gasteiger partial charge is 0.274 e. The van der Waals surface area contributed by atoms with Crippen LogP contribution in [0.5, 0.6) is 0 Å². The number of benzene rings is 2. The second kappa shape index (κ2) is 8.42. The first kappa shape index (κ1) is 18.5.